The predicted molar refractivity (Wildman–Crippen MR) is 87.1 cm³/mol. The van der Waals surface area contributed by atoms with Crippen molar-refractivity contribution in [3.8, 4) is 5.75 Å². The van der Waals surface area contributed by atoms with E-state index in [1.54, 1.807) is 0 Å². The molecule has 2 atom stereocenters. The van der Waals surface area contributed by atoms with E-state index in [9.17, 15) is 0 Å². The van der Waals surface area contributed by atoms with E-state index < -0.39 is 0 Å². The number of hydrogen-bond donors (Lipinski definition) is 1. The monoisotopic (exact) mass is 297 g/mol. The van der Waals surface area contributed by atoms with Gasteiger partial charge in [0.25, 0.3) is 0 Å². The van der Waals surface area contributed by atoms with Gasteiger partial charge in [0, 0.05) is 28.2 Å². The number of fused-ring (bicyclic) bond motifs is 2. The second-order valence-corrected chi connectivity index (χ2v) is 6.83. The molecule has 0 saturated carbocycles. The zero-order chi connectivity index (χ0) is 14.2. The fourth-order valence-electron chi connectivity index (χ4n) is 3.38. The summed E-state index contributed by atoms with van der Waals surface area (Å²) in [6.07, 6.45) is 2.21. The molecule has 2 aromatic carbocycles. The van der Waals surface area contributed by atoms with Crippen LogP contribution in [0.2, 0.25) is 0 Å². The third kappa shape index (κ3) is 2.25. The highest BCUT2D eigenvalue weighted by molar-refractivity contribution is 7.99. The van der Waals surface area contributed by atoms with Crippen LogP contribution in [-0.4, -0.2) is 12.4 Å². The Bertz CT molecular complexity index is 670. The van der Waals surface area contributed by atoms with E-state index in [4.69, 9.17) is 10.5 Å². The molecule has 0 fully saturated rings. The van der Waals surface area contributed by atoms with Gasteiger partial charge in [-0.25, -0.2) is 0 Å². The topological polar surface area (TPSA) is 35.2 Å². The summed E-state index contributed by atoms with van der Waals surface area (Å²) in [6, 6.07) is 15.1. The largest absolute Gasteiger partial charge is 0.493 e. The maximum Gasteiger partial charge on any atom is 0.127 e. The number of benzene rings is 2. The summed E-state index contributed by atoms with van der Waals surface area (Å²) in [6.45, 7) is 0.812. The van der Waals surface area contributed by atoms with E-state index >= 15 is 0 Å². The first-order valence-corrected chi connectivity index (χ1v) is 8.55. The zero-order valence-electron chi connectivity index (χ0n) is 11.9. The van der Waals surface area contributed by atoms with Crippen LogP contribution in [0, 0.1) is 0 Å². The molecule has 2 heterocycles. The summed E-state index contributed by atoms with van der Waals surface area (Å²) in [5.74, 6) is 2.48. The first-order valence-electron chi connectivity index (χ1n) is 7.56. The van der Waals surface area contributed by atoms with Crippen LogP contribution in [0.15, 0.2) is 47.4 Å². The van der Waals surface area contributed by atoms with Crippen LogP contribution in [0.3, 0.4) is 0 Å². The molecule has 2 N–H and O–H groups in total. The van der Waals surface area contributed by atoms with E-state index in [0.717, 1.165) is 31.0 Å². The summed E-state index contributed by atoms with van der Waals surface area (Å²) in [7, 11) is 0. The van der Waals surface area contributed by atoms with E-state index in [0.29, 0.717) is 5.92 Å². The minimum Gasteiger partial charge on any atom is -0.493 e. The molecule has 2 aromatic rings. The summed E-state index contributed by atoms with van der Waals surface area (Å²) in [5.41, 5.74) is 10.5. The molecule has 0 aliphatic carbocycles. The lowest BCUT2D eigenvalue weighted by atomic mass is 9.87. The second-order valence-electron chi connectivity index (χ2n) is 5.77. The number of thioether (sulfide) groups is 1. The van der Waals surface area contributed by atoms with Gasteiger partial charge in [-0.3, -0.25) is 0 Å². The lowest BCUT2D eigenvalue weighted by molar-refractivity contribution is 0.282. The lowest BCUT2D eigenvalue weighted by Gasteiger charge is -2.26. The molecule has 0 spiro atoms. The second kappa shape index (κ2) is 5.39. The van der Waals surface area contributed by atoms with Crippen molar-refractivity contribution in [3.63, 3.8) is 0 Å². The van der Waals surface area contributed by atoms with Crippen LogP contribution in [0.25, 0.3) is 0 Å². The van der Waals surface area contributed by atoms with Crippen molar-refractivity contribution < 1.29 is 4.74 Å². The summed E-state index contributed by atoms with van der Waals surface area (Å²) in [4.78, 5) is 1.38. The van der Waals surface area contributed by atoms with Crippen LogP contribution in [-0.2, 0) is 6.42 Å². The Hall–Kier alpha value is -1.45. The molecule has 2 aliphatic rings. The third-order valence-corrected chi connectivity index (χ3v) is 5.70. The maximum absolute atomic E-state index is 6.65. The van der Waals surface area contributed by atoms with Crippen LogP contribution in [0.4, 0.5) is 0 Å². The highest BCUT2D eigenvalue weighted by Crippen LogP contribution is 2.46. The van der Waals surface area contributed by atoms with Gasteiger partial charge in [0.2, 0.25) is 0 Å². The van der Waals surface area contributed by atoms with Gasteiger partial charge in [-0.15, -0.1) is 11.8 Å². The van der Waals surface area contributed by atoms with Gasteiger partial charge < -0.3 is 10.5 Å². The molecule has 0 saturated heterocycles. The molecule has 2 unspecified atom stereocenters. The van der Waals surface area contributed by atoms with Crippen molar-refractivity contribution in [3.05, 3.63) is 59.2 Å². The minimum absolute atomic E-state index is 0.00852. The molecule has 0 radical (unpaired) electrons. The summed E-state index contributed by atoms with van der Waals surface area (Å²) < 4.78 is 5.94. The molecule has 21 heavy (non-hydrogen) atoms. The van der Waals surface area contributed by atoms with Crippen LogP contribution in [0.1, 0.15) is 35.1 Å². The number of rotatable bonds is 2. The Kier molecular flexibility index (Phi) is 3.40. The molecule has 4 rings (SSSR count). The maximum atomic E-state index is 6.65. The average molecular weight is 297 g/mol. The first kappa shape index (κ1) is 13.2. The van der Waals surface area contributed by atoms with Crippen molar-refractivity contribution in [2.24, 2.45) is 5.73 Å². The van der Waals surface area contributed by atoms with Gasteiger partial charge in [0.1, 0.15) is 5.75 Å². The number of hydrogen-bond acceptors (Lipinski definition) is 3. The predicted octanol–water partition coefficient (Wildman–Crippen LogP) is 3.90. The molecule has 3 heteroatoms. The molecule has 0 amide bonds. The standard InChI is InChI=1S/C18H19NOS/c19-17(15-11-21-16-9-2-1-7-13(15)16)14-8-3-5-12-6-4-10-20-18(12)14/h1-3,5,7-9,15,17H,4,6,10-11,19H2. The van der Waals surface area contributed by atoms with E-state index in [2.05, 4.69) is 42.5 Å². The zero-order valence-corrected chi connectivity index (χ0v) is 12.7. The Morgan fingerprint density at radius 1 is 1.14 bits per heavy atom. The number of aryl methyl sites for hydroxylation is 1. The highest BCUT2D eigenvalue weighted by Gasteiger charge is 2.31. The molecular weight excluding hydrogens is 278 g/mol. The van der Waals surface area contributed by atoms with Gasteiger partial charge in [-0.1, -0.05) is 36.4 Å². The Morgan fingerprint density at radius 3 is 3.00 bits per heavy atom. The normalized spacial score (nSPS) is 21.3. The highest BCUT2D eigenvalue weighted by atomic mass is 32.2. The van der Waals surface area contributed by atoms with Gasteiger partial charge in [0.15, 0.2) is 0 Å². The van der Waals surface area contributed by atoms with Gasteiger partial charge >= 0.3 is 0 Å². The first-order chi connectivity index (χ1) is 10.3. The van der Waals surface area contributed by atoms with Crippen molar-refractivity contribution in [2.75, 3.05) is 12.4 Å². The lowest BCUT2D eigenvalue weighted by Crippen LogP contribution is -2.22. The third-order valence-electron chi connectivity index (χ3n) is 4.49. The summed E-state index contributed by atoms with van der Waals surface area (Å²) in [5, 5.41) is 0. The molecule has 0 aromatic heterocycles. The van der Waals surface area contributed by atoms with Crippen molar-refractivity contribution in [2.45, 2.75) is 29.7 Å². The quantitative estimate of drug-likeness (QED) is 0.913. The van der Waals surface area contributed by atoms with Gasteiger partial charge in [-0.05, 0) is 30.0 Å². The molecule has 2 nitrogen and oxygen atoms in total. The van der Waals surface area contributed by atoms with Gasteiger partial charge in [-0.2, -0.15) is 0 Å². The Labute approximate surface area is 129 Å². The molecular formula is C18H19NOS. The van der Waals surface area contributed by atoms with Crippen molar-refractivity contribution in [1.29, 1.82) is 0 Å². The van der Waals surface area contributed by atoms with E-state index in [1.165, 1.54) is 21.6 Å². The Morgan fingerprint density at radius 2 is 2.05 bits per heavy atom. The fraction of sp³-hybridized carbons (Fsp3) is 0.333. The number of ether oxygens (including phenoxy) is 1. The smallest absolute Gasteiger partial charge is 0.127 e. The molecule has 2 aliphatic heterocycles. The average Bonchev–Trinajstić information content (AvgIpc) is 2.98. The van der Waals surface area contributed by atoms with Crippen LogP contribution >= 0.6 is 11.8 Å². The fourth-order valence-corrected chi connectivity index (χ4v) is 4.69. The van der Waals surface area contributed by atoms with E-state index in [-0.39, 0.29) is 6.04 Å². The van der Waals surface area contributed by atoms with Gasteiger partial charge in [0.05, 0.1) is 6.61 Å². The number of para-hydroxylation sites is 1. The summed E-state index contributed by atoms with van der Waals surface area (Å²) >= 11 is 1.92. The van der Waals surface area contributed by atoms with E-state index in [1.807, 2.05) is 11.8 Å². The van der Waals surface area contributed by atoms with Crippen molar-refractivity contribution >= 4 is 11.8 Å². The Balaban J connectivity index is 1.72. The SMILES string of the molecule is NC(c1cccc2c1OCCC2)C1CSc2ccccc21. The van der Waals surface area contributed by atoms with Crippen LogP contribution < -0.4 is 10.5 Å². The number of nitrogens with two attached hydrogens (primary N) is 1. The van der Waals surface area contributed by atoms with Crippen molar-refractivity contribution in [1.82, 2.24) is 0 Å². The molecule has 108 valence electrons. The van der Waals surface area contributed by atoms with Crippen LogP contribution in [0.5, 0.6) is 5.75 Å². The molecule has 0 bridgehead atoms. The minimum atomic E-state index is 0.00852.